The fourth-order valence-electron chi connectivity index (χ4n) is 4.00. The minimum atomic E-state index is -0.353. The Balaban J connectivity index is 1.65. The molecule has 0 aromatic carbocycles. The van der Waals surface area contributed by atoms with Crippen molar-refractivity contribution in [1.82, 2.24) is 0 Å². The van der Waals surface area contributed by atoms with Crippen molar-refractivity contribution < 1.29 is 18.8 Å². The number of hydrogen-bond acceptors (Lipinski definition) is 6. The van der Waals surface area contributed by atoms with E-state index in [2.05, 4.69) is 13.0 Å². The number of allylic oxidation sites excluding steroid dienone is 4. The molecule has 3 rings (SSSR count). The molecule has 1 unspecified atom stereocenters. The normalized spacial score (nSPS) is 23.9. The van der Waals surface area contributed by atoms with E-state index in [1.807, 2.05) is 6.08 Å². The van der Waals surface area contributed by atoms with Gasteiger partial charge in [-0.15, -0.1) is 0 Å². The SMILES string of the molecule is COc1oc(C2C/C(=C/[C@H](C)C[C@H]3C=CC([N+](=O)[O-])=CC3)CO2)c(C)c(=O)c1C. The molecule has 0 N–H and O–H groups in total. The van der Waals surface area contributed by atoms with Crippen molar-refractivity contribution in [3.8, 4) is 5.95 Å². The summed E-state index contributed by atoms with van der Waals surface area (Å²) >= 11 is 0. The summed E-state index contributed by atoms with van der Waals surface area (Å²) in [7, 11) is 1.48. The maximum atomic E-state index is 12.4. The molecule has 1 saturated heterocycles. The van der Waals surface area contributed by atoms with Crippen molar-refractivity contribution in [1.29, 1.82) is 0 Å². The zero-order valence-electron chi connectivity index (χ0n) is 17.3. The topological polar surface area (TPSA) is 91.8 Å². The molecular formula is C22H27NO6. The van der Waals surface area contributed by atoms with Crippen LogP contribution in [0.25, 0.3) is 0 Å². The van der Waals surface area contributed by atoms with E-state index >= 15 is 0 Å². The first-order valence-electron chi connectivity index (χ1n) is 9.82. The number of rotatable bonds is 6. The van der Waals surface area contributed by atoms with Crippen molar-refractivity contribution in [2.45, 2.75) is 46.1 Å². The van der Waals surface area contributed by atoms with Crippen LogP contribution < -0.4 is 10.2 Å². The zero-order chi connectivity index (χ0) is 21.1. The van der Waals surface area contributed by atoms with Crippen molar-refractivity contribution in [3.05, 3.63) is 72.8 Å². The largest absolute Gasteiger partial charge is 0.468 e. The molecular weight excluding hydrogens is 374 g/mol. The molecule has 0 spiro atoms. The third-order valence-corrected chi connectivity index (χ3v) is 5.53. The molecule has 1 aromatic heterocycles. The van der Waals surface area contributed by atoms with Gasteiger partial charge in [0.15, 0.2) is 5.43 Å². The molecule has 1 fully saturated rings. The lowest BCUT2D eigenvalue weighted by molar-refractivity contribution is -0.419. The molecule has 7 heteroatoms. The quantitative estimate of drug-likeness (QED) is 0.398. The molecule has 2 aliphatic rings. The summed E-state index contributed by atoms with van der Waals surface area (Å²) in [6.45, 7) is 6.08. The minimum absolute atomic E-state index is 0.0799. The summed E-state index contributed by atoms with van der Waals surface area (Å²) in [4.78, 5) is 22.8. The second-order valence-electron chi connectivity index (χ2n) is 7.82. The van der Waals surface area contributed by atoms with Crippen LogP contribution in [0.15, 0.2) is 44.8 Å². The van der Waals surface area contributed by atoms with Crippen LogP contribution in [0.2, 0.25) is 0 Å². The zero-order valence-corrected chi connectivity index (χ0v) is 17.3. The molecule has 0 amide bonds. The lowest BCUT2D eigenvalue weighted by Gasteiger charge is -2.16. The summed E-state index contributed by atoms with van der Waals surface area (Å²) in [6, 6.07) is 0. The van der Waals surface area contributed by atoms with Crippen LogP contribution in [0.1, 0.15) is 49.2 Å². The van der Waals surface area contributed by atoms with Crippen LogP contribution in [0.5, 0.6) is 5.95 Å². The Hall–Kier alpha value is -2.67. The van der Waals surface area contributed by atoms with Crippen LogP contribution >= 0.6 is 0 Å². The van der Waals surface area contributed by atoms with Crippen LogP contribution in [-0.4, -0.2) is 18.6 Å². The molecule has 156 valence electrons. The molecule has 0 bridgehead atoms. The van der Waals surface area contributed by atoms with Gasteiger partial charge >= 0.3 is 0 Å². The van der Waals surface area contributed by atoms with Gasteiger partial charge in [0.1, 0.15) is 11.9 Å². The Morgan fingerprint density at radius 3 is 2.76 bits per heavy atom. The Morgan fingerprint density at radius 2 is 2.14 bits per heavy atom. The fraction of sp³-hybridized carbons (Fsp3) is 0.500. The maximum absolute atomic E-state index is 12.4. The van der Waals surface area contributed by atoms with Crippen LogP contribution in [-0.2, 0) is 4.74 Å². The fourth-order valence-corrected chi connectivity index (χ4v) is 4.00. The average molecular weight is 401 g/mol. The number of ether oxygens (including phenoxy) is 2. The number of nitro groups is 1. The highest BCUT2D eigenvalue weighted by Gasteiger charge is 2.28. The van der Waals surface area contributed by atoms with Gasteiger partial charge in [0.25, 0.3) is 11.6 Å². The number of hydrogen-bond donors (Lipinski definition) is 0. The molecule has 1 aliphatic carbocycles. The number of methoxy groups -OCH3 is 1. The van der Waals surface area contributed by atoms with Gasteiger partial charge in [-0.05, 0) is 50.2 Å². The predicted octanol–water partition coefficient (Wildman–Crippen LogP) is 4.42. The third kappa shape index (κ3) is 4.67. The van der Waals surface area contributed by atoms with E-state index in [0.29, 0.717) is 48.2 Å². The van der Waals surface area contributed by atoms with Crippen molar-refractivity contribution in [3.63, 3.8) is 0 Å². The first-order valence-corrected chi connectivity index (χ1v) is 9.82. The molecule has 2 heterocycles. The summed E-state index contributed by atoms with van der Waals surface area (Å²) in [6.07, 6.45) is 9.40. The van der Waals surface area contributed by atoms with E-state index in [0.717, 1.165) is 6.42 Å². The lowest BCUT2D eigenvalue weighted by atomic mass is 9.88. The molecule has 29 heavy (non-hydrogen) atoms. The van der Waals surface area contributed by atoms with E-state index in [-0.39, 0.29) is 28.1 Å². The molecule has 3 atom stereocenters. The molecule has 0 saturated carbocycles. The smallest absolute Gasteiger partial charge is 0.291 e. The van der Waals surface area contributed by atoms with E-state index in [1.54, 1.807) is 26.0 Å². The van der Waals surface area contributed by atoms with Gasteiger partial charge in [-0.1, -0.05) is 19.1 Å². The second kappa shape index (κ2) is 8.78. The van der Waals surface area contributed by atoms with Crippen LogP contribution in [0.4, 0.5) is 0 Å². The highest BCUT2D eigenvalue weighted by atomic mass is 16.6. The highest BCUT2D eigenvalue weighted by molar-refractivity contribution is 5.31. The summed E-state index contributed by atoms with van der Waals surface area (Å²) in [5.41, 5.74) is 2.29. The molecule has 1 aliphatic heterocycles. The molecule has 0 radical (unpaired) electrons. The van der Waals surface area contributed by atoms with E-state index in [4.69, 9.17) is 13.9 Å². The minimum Gasteiger partial charge on any atom is -0.468 e. The van der Waals surface area contributed by atoms with Crippen molar-refractivity contribution in [2.24, 2.45) is 11.8 Å². The van der Waals surface area contributed by atoms with Gasteiger partial charge in [-0.25, -0.2) is 0 Å². The van der Waals surface area contributed by atoms with Gasteiger partial charge < -0.3 is 13.9 Å². The van der Waals surface area contributed by atoms with Gasteiger partial charge in [0.05, 0.1) is 24.2 Å². The second-order valence-corrected chi connectivity index (χ2v) is 7.82. The van der Waals surface area contributed by atoms with E-state index in [9.17, 15) is 14.9 Å². The Kier molecular flexibility index (Phi) is 6.37. The summed E-state index contributed by atoms with van der Waals surface area (Å²) in [5, 5.41) is 10.8. The Bertz CT molecular complexity index is 939. The monoisotopic (exact) mass is 401 g/mol. The van der Waals surface area contributed by atoms with E-state index < -0.39 is 0 Å². The number of nitrogens with zero attached hydrogens (tertiary/aromatic N) is 1. The Labute approximate surface area is 169 Å². The summed E-state index contributed by atoms with van der Waals surface area (Å²) < 4.78 is 16.9. The third-order valence-electron chi connectivity index (χ3n) is 5.53. The average Bonchev–Trinajstić information content (AvgIpc) is 3.14. The van der Waals surface area contributed by atoms with Crippen molar-refractivity contribution >= 4 is 0 Å². The maximum Gasteiger partial charge on any atom is 0.291 e. The Morgan fingerprint density at radius 1 is 1.38 bits per heavy atom. The molecule has 7 nitrogen and oxygen atoms in total. The van der Waals surface area contributed by atoms with Gasteiger partial charge in [0.2, 0.25) is 0 Å². The van der Waals surface area contributed by atoms with Gasteiger partial charge in [-0.3, -0.25) is 14.9 Å². The van der Waals surface area contributed by atoms with Crippen molar-refractivity contribution in [2.75, 3.05) is 13.7 Å². The lowest BCUT2D eigenvalue weighted by Crippen LogP contribution is -2.15. The van der Waals surface area contributed by atoms with E-state index in [1.165, 1.54) is 12.7 Å². The standard InChI is InChI=1S/C22H27NO6/c1-13(9-16-5-7-18(8-6-16)23(25)26)10-17-11-19(28-12-17)21-14(2)20(24)15(3)22(27-4)29-21/h5,7-8,10,13,16,19H,6,9,11-12H2,1-4H3/b17-10-/t13-,16+,19?/m1/s1. The predicted molar refractivity (Wildman–Crippen MR) is 109 cm³/mol. The first-order chi connectivity index (χ1) is 13.8. The van der Waals surface area contributed by atoms with Crippen LogP contribution in [0, 0.1) is 35.8 Å². The first kappa shape index (κ1) is 21.0. The molecule has 1 aromatic rings. The highest BCUT2D eigenvalue weighted by Crippen LogP contribution is 2.36. The summed E-state index contributed by atoms with van der Waals surface area (Å²) in [5.74, 6) is 1.37. The van der Waals surface area contributed by atoms with Gasteiger partial charge in [-0.2, -0.15) is 0 Å². The van der Waals surface area contributed by atoms with Crippen LogP contribution in [0.3, 0.4) is 0 Å². The van der Waals surface area contributed by atoms with Gasteiger partial charge in [0, 0.05) is 18.1 Å².